The van der Waals surface area contributed by atoms with Crippen LogP contribution in [-0.2, 0) is 14.8 Å². The Labute approximate surface area is 110 Å². The van der Waals surface area contributed by atoms with Crippen LogP contribution in [0.1, 0.15) is 19.3 Å². The number of piperidine rings is 1. The lowest BCUT2D eigenvalue weighted by Gasteiger charge is -2.30. The van der Waals surface area contributed by atoms with E-state index in [1.807, 2.05) is 0 Å². The average Bonchev–Trinajstić information content (AvgIpc) is 2.29. The molecule has 1 rings (SSSR count). The van der Waals surface area contributed by atoms with Crippen molar-refractivity contribution < 1.29 is 13.2 Å². The molecule has 1 saturated heterocycles. The molecule has 0 atom stereocenters. The molecule has 0 unspecified atom stereocenters. The third-order valence-electron chi connectivity index (χ3n) is 3.05. The second kappa shape index (κ2) is 8.26. The molecule has 0 spiro atoms. The van der Waals surface area contributed by atoms with Gasteiger partial charge in [-0.3, -0.25) is 0 Å². The highest BCUT2D eigenvalue weighted by Crippen LogP contribution is 2.18. The number of nitrogens with zero attached hydrogens (tertiary/aromatic N) is 1. The highest BCUT2D eigenvalue weighted by molar-refractivity contribution is 7.89. The van der Waals surface area contributed by atoms with Crippen LogP contribution in [0.15, 0.2) is 0 Å². The molecule has 0 aromatic rings. The largest absolute Gasteiger partial charge is 0.385 e. The van der Waals surface area contributed by atoms with E-state index in [0.717, 1.165) is 12.8 Å². The Kier molecular flexibility index (Phi) is 8.32. The third-order valence-corrected chi connectivity index (χ3v) is 5.01. The highest BCUT2D eigenvalue weighted by atomic mass is 35.5. The lowest BCUT2D eigenvalue weighted by atomic mass is 9.99. The summed E-state index contributed by atoms with van der Waals surface area (Å²) in [6.07, 6.45) is 2.34. The maximum Gasteiger partial charge on any atom is 0.214 e. The number of rotatable bonds is 6. The van der Waals surface area contributed by atoms with Crippen LogP contribution in [0.3, 0.4) is 0 Å². The zero-order chi connectivity index (χ0) is 12.0. The second-order valence-corrected chi connectivity index (χ2v) is 6.33. The molecule has 0 aromatic heterocycles. The monoisotopic (exact) mass is 286 g/mol. The zero-order valence-corrected chi connectivity index (χ0v) is 11.9. The van der Waals surface area contributed by atoms with Crippen molar-refractivity contribution in [2.75, 3.05) is 39.1 Å². The minimum absolute atomic E-state index is 0. The Morgan fingerprint density at radius 2 is 1.94 bits per heavy atom. The molecule has 5 nitrogen and oxygen atoms in total. The second-order valence-electron chi connectivity index (χ2n) is 4.24. The maximum absolute atomic E-state index is 11.9. The van der Waals surface area contributed by atoms with E-state index >= 15 is 0 Å². The summed E-state index contributed by atoms with van der Waals surface area (Å²) in [5, 5.41) is 0. The Balaban J connectivity index is 0.00000256. The molecule has 1 heterocycles. The van der Waals surface area contributed by atoms with Crippen molar-refractivity contribution in [3.05, 3.63) is 0 Å². The summed E-state index contributed by atoms with van der Waals surface area (Å²) in [7, 11) is -1.49. The first-order chi connectivity index (χ1) is 7.60. The van der Waals surface area contributed by atoms with Crippen molar-refractivity contribution in [3.8, 4) is 0 Å². The Bertz CT molecular complexity index is 290. The number of sulfonamides is 1. The van der Waals surface area contributed by atoms with Gasteiger partial charge in [0, 0.05) is 26.8 Å². The highest BCUT2D eigenvalue weighted by Gasteiger charge is 2.26. The van der Waals surface area contributed by atoms with Crippen molar-refractivity contribution >= 4 is 22.4 Å². The number of methoxy groups -OCH3 is 1. The summed E-state index contributed by atoms with van der Waals surface area (Å²) in [6.45, 7) is 2.41. The van der Waals surface area contributed by atoms with Crippen LogP contribution in [0.5, 0.6) is 0 Å². The topological polar surface area (TPSA) is 72.6 Å². The average molecular weight is 287 g/mol. The Morgan fingerprint density at radius 1 is 1.35 bits per heavy atom. The van der Waals surface area contributed by atoms with E-state index in [9.17, 15) is 8.42 Å². The Morgan fingerprint density at radius 3 is 2.41 bits per heavy atom. The molecular formula is C10H23ClN2O3S. The zero-order valence-electron chi connectivity index (χ0n) is 10.3. The van der Waals surface area contributed by atoms with Crippen molar-refractivity contribution in [1.29, 1.82) is 0 Å². The quantitative estimate of drug-likeness (QED) is 0.720. The van der Waals surface area contributed by atoms with Crippen LogP contribution in [0.4, 0.5) is 0 Å². The van der Waals surface area contributed by atoms with E-state index in [1.54, 1.807) is 11.4 Å². The molecule has 17 heavy (non-hydrogen) atoms. The van der Waals surface area contributed by atoms with Gasteiger partial charge in [0.15, 0.2) is 0 Å². The van der Waals surface area contributed by atoms with Crippen LogP contribution in [0.2, 0.25) is 0 Å². The first-order valence-corrected chi connectivity index (χ1v) is 7.38. The number of hydrogen-bond donors (Lipinski definition) is 1. The molecule has 104 valence electrons. The van der Waals surface area contributed by atoms with Gasteiger partial charge in [-0.05, 0) is 31.7 Å². The molecule has 0 saturated carbocycles. The van der Waals surface area contributed by atoms with Gasteiger partial charge in [-0.2, -0.15) is 0 Å². The molecule has 0 bridgehead atoms. The van der Waals surface area contributed by atoms with Crippen LogP contribution in [-0.4, -0.2) is 51.8 Å². The summed E-state index contributed by atoms with van der Waals surface area (Å²) in [4.78, 5) is 0. The molecule has 0 aromatic carbocycles. The van der Waals surface area contributed by atoms with Crippen molar-refractivity contribution in [2.24, 2.45) is 11.7 Å². The lowest BCUT2D eigenvalue weighted by Crippen LogP contribution is -2.41. The van der Waals surface area contributed by atoms with E-state index in [2.05, 4.69) is 0 Å². The fourth-order valence-electron chi connectivity index (χ4n) is 1.94. The predicted octanol–water partition coefficient (Wildman–Crippen LogP) is 0.445. The summed E-state index contributed by atoms with van der Waals surface area (Å²) in [6, 6.07) is 0. The van der Waals surface area contributed by atoms with E-state index in [4.69, 9.17) is 10.5 Å². The summed E-state index contributed by atoms with van der Waals surface area (Å²) in [5.41, 5.74) is 5.57. The van der Waals surface area contributed by atoms with Crippen molar-refractivity contribution in [2.45, 2.75) is 19.3 Å². The van der Waals surface area contributed by atoms with Gasteiger partial charge in [0.25, 0.3) is 0 Å². The third kappa shape index (κ3) is 5.52. The van der Waals surface area contributed by atoms with Crippen molar-refractivity contribution in [1.82, 2.24) is 4.31 Å². The molecule has 1 fully saturated rings. The van der Waals surface area contributed by atoms with Gasteiger partial charge in [0.05, 0.1) is 5.75 Å². The van der Waals surface area contributed by atoms with Crippen LogP contribution < -0.4 is 5.73 Å². The number of halogens is 1. The van der Waals surface area contributed by atoms with E-state index in [1.165, 1.54) is 0 Å². The number of hydrogen-bond acceptors (Lipinski definition) is 4. The smallest absolute Gasteiger partial charge is 0.214 e. The van der Waals surface area contributed by atoms with Crippen LogP contribution in [0, 0.1) is 5.92 Å². The maximum atomic E-state index is 11.9. The van der Waals surface area contributed by atoms with Gasteiger partial charge >= 0.3 is 0 Å². The van der Waals surface area contributed by atoms with Gasteiger partial charge in [-0.15, -0.1) is 12.4 Å². The van der Waals surface area contributed by atoms with Gasteiger partial charge < -0.3 is 10.5 Å². The molecule has 2 N–H and O–H groups in total. The standard InChI is InChI=1S/C10H22N2O3S.ClH/c1-15-7-2-8-16(13,14)12-5-3-10(9-11)4-6-12;/h10H,2-9,11H2,1H3;1H. The van der Waals surface area contributed by atoms with E-state index in [0.29, 0.717) is 38.6 Å². The van der Waals surface area contributed by atoms with Gasteiger partial charge in [-0.1, -0.05) is 0 Å². The summed E-state index contributed by atoms with van der Waals surface area (Å²) >= 11 is 0. The summed E-state index contributed by atoms with van der Waals surface area (Å²) < 4.78 is 30.2. The molecule has 0 aliphatic carbocycles. The first-order valence-electron chi connectivity index (χ1n) is 5.77. The van der Waals surface area contributed by atoms with E-state index < -0.39 is 10.0 Å². The van der Waals surface area contributed by atoms with Gasteiger partial charge in [-0.25, -0.2) is 12.7 Å². The Hall–Kier alpha value is 0.120. The first kappa shape index (κ1) is 17.1. The minimum atomic E-state index is -3.07. The van der Waals surface area contributed by atoms with Crippen molar-refractivity contribution in [3.63, 3.8) is 0 Å². The predicted molar refractivity (Wildman–Crippen MR) is 70.9 cm³/mol. The fraction of sp³-hybridized carbons (Fsp3) is 1.00. The fourth-order valence-corrected chi connectivity index (χ4v) is 3.45. The number of ether oxygens (including phenoxy) is 1. The molecule has 7 heteroatoms. The SMILES string of the molecule is COCCCS(=O)(=O)N1CCC(CN)CC1.Cl. The van der Waals surface area contributed by atoms with Crippen LogP contribution >= 0.6 is 12.4 Å². The molecule has 0 radical (unpaired) electrons. The lowest BCUT2D eigenvalue weighted by molar-refractivity contribution is 0.198. The molecule has 1 aliphatic heterocycles. The number of nitrogens with two attached hydrogens (primary N) is 1. The molecule has 1 aliphatic rings. The minimum Gasteiger partial charge on any atom is -0.385 e. The van der Waals surface area contributed by atoms with E-state index in [-0.39, 0.29) is 18.2 Å². The molecular weight excluding hydrogens is 264 g/mol. The van der Waals surface area contributed by atoms with Crippen LogP contribution in [0.25, 0.3) is 0 Å². The molecule has 0 amide bonds. The van der Waals surface area contributed by atoms with Gasteiger partial charge in [0.2, 0.25) is 10.0 Å². The summed E-state index contributed by atoms with van der Waals surface area (Å²) in [5.74, 6) is 0.680. The normalized spacial score (nSPS) is 18.9. The van der Waals surface area contributed by atoms with Gasteiger partial charge in [0.1, 0.15) is 0 Å².